The lowest BCUT2D eigenvalue weighted by molar-refractivity contribution is 0.0634. The van der Waals surface area contributed by atoms with E-state index in [0.717, 1.165) is 0 Å². The molecule has 0 aliphatic rings. The van der Waals surface area contributed by atoms with Gasteiger partial charge >= 0.3 is 6.09 Å². The number of Topliss-reactive ketones (excluding diaryl/α,β-unsaturated/α-hetero) is 1. The molecule has 19 heavy (non-hydrogen) atoms. The van der Waals surface area contributed by atoms with E-state index >= 15 is 0 Å². The number of anilines is 1. The highest BCUT2D eigenvalue weighted by Gasteiger charge is 2.17. The molecule has 0 aliphatic carbocycles. The SMILES string of the molecule is CC(C)(C)OC(=O)Nc1ncc(C(=O)CCN)cn1. The van der Waals surface area contributed by atoms with E-state index in [2.05, 4.69) is 15.3 Å². The van der Waals surface area contributed by atoms with E-state index in [4.69, 9.17) is 10.5 Å². The lowest BCUT2D eigenvalue weighted by atomic mass is 10.2. The molecule has 0 fully saturated rings. The van der Waals surface area contributed by atoms with E-state index in [1.807, 2.05) is 0 Å². The molecule has 1 aromatic heterocycles. The molecule has 0 unspecified atom stereocenters. The number of rotatable bonds is 4. The van der Waals surface area contributed by atoms with Gasteiger partial charge in [0.1, 0.15) is 5.60 Å². The van der Waals surface area contributed by atoms with Gasteiger partial charge in [0.15, 0.2) is 5.78 Å². The van der Waals surface area contributed by atoms with E-state index < -0.39 is 11.7 Å². The highest BCUT2D eigenvalue weighted by Crippen LogP contribution is 2.09. The summed E-state index contributed by atoms with van der Waals surface area (Å²) in [6, 6.07) is 0. The number of carbonyl (C=O) groups excluding carboxylic acids is 2. The predicted octanol–water partition coefficient (Wildman–Crippen LogP) is 1.36. The molecule has 7 nitrogen and oxygen atoms in total. The highest BCUT2D eigenvalue weighted by atomic mass is 16.6. The number of hydrogen-bond donors (Lipinski definition) is 2. The van der Waals surface area contributed by atoms with Crippen LogP contribution >= 0.6 is 0 Å². The average molecular weight is 266 g/mol. The van der Waals surface area contributed by atoms with Gasteiger partial charge in [0.25, 0.3) is 0 Å². The monoisotopic (exact) mass is 266 g/mol. The van der Waals surface area contributed by atoms with Crippen molar-refractivity contribution < 1.29 is 14.3 Å². The number of ether oxygens (including phenoxy) is 1. The first-order valence-corrected chi connectivity index (χ1v) is 5.87. The number of carbonyl (C=O) groups is 2. The number of hydrogen-bond acceptors (Lipinski definition) is 6. The zero-order valence-corrected chi connectivity index (χ0v) is 11.3. The van der Waals surface area contributed by atoms with Gasteiger partial charge < -0.3 is 10.5 Å². The maximum atomic E-state index is 11.5. The number of nitrogens with zero attached hydrogens (tertiary/aromatic N) is 2. The Morgan fingerprint density at radius 3 is 2.37 bits per heavy atom. The van der Waals surface area contributed by atoms with Crippen molar-refractivity contribution in [1.29, 1.82) is 0 Å². The van der Waals surface area contributed by atoms with Gasteiger partial charge in [-0.15, -0.1) is 0 Å². The van der Waals surface area contributed by atoms with E-state index in [1.54, 1.807) is 20.8 Å². The summed E-state index contributed by atoms with van der Waals surface area (Å²) in [6.45, 7) is 5.53. The molecule has 0 radical (unpaired) electrons. The van der Waals surface area contributed by atoms with Crippen LogP contribution in [0, 0.1) is 0 Å². The Kier molecular flexibility index (Phi) is 4.94. The summed E-state index contributed by atoms with van der Waals surface area (Å²) in [5.41, 5.74) is 5.05. The van der Waals surface area contributed by atoms with Crippen LogP contribution in [0.3, 0.4) is 0 Å². The molecule has 0 atom stereocenters. The third kappa shape index (κ3) is 5.43. The van der Waals surface area contributed by atoms with Crippen LogP contribution in [0.4, 0.5) is 10.7 Å². The second kappa shape index (κ2) is 6.24. The van der Waals surface area contributed by atoms with Crippen LogP contribution in [0.1, 0.15) is 37.6 Å². The van der Waals surface area contributed by atoms with Crippen molar-refractivity contribution in [2.24, 2.45) is 5.73 Å². The second-order valence-corrected chi connectivity index (χ2v) is 4.88. The van der Waals surface area contributed by atoms with Gasteiger partial charge in [-0.2, -0.15) is 0 Å². The number of nitrogens with two attached hydrogens (primary N) is 1. The summed E-state index contributed by atoms with van der Waals surface area (Å²) in [5.74, 6) is -0.0510. The van der Waals surface area contributed by atoms with Gasteiger partial charge in [0.05, 0.1) is 5.56 Å². The van der Waals surface area contributed by atoms with Crippen molar-refractivity contribution in [3.8, 4) is 0 Å². The number of amides is 1. The van der Waals surface area contributed by atoms with Gasteiger partial charge in [0, 0.05) is 18.8 Å². The van der Waals surface area contributed by atoms with Crippen LogP contribution in [-0.2, 0) is 4.74 Å². The second-order valence-electron chi connectivity index (χ2n) is 4.88. The molecular formula is C12H18N4O3. The highest BCUT2D eigenvalue weighted by molar-refractivity contribution is 5.95. The molecule has 0 aromatic carbocycles. The minimum atomic E-state index is -0.645. The Labute approximate surface area is 111 Å². The van der Waals surface area contributed by atoms with Crippen molar-refractivity contribution >= 4 is 17.8 Å². The zero-order chi connectivity index (χ0) is 14.5. The van der Waals surface area contributed by atoms with Crippen LogP contribution in [0.2, 0.25) is 0 Å². The molecule has 104 valence electrons. The number of ketones is 1. The fourth-order valence-electron chi connectivity index (χ4n) is 1.21. The fourth-order valence-corrected chi connectivity index (χ4v) is 1.21. The lowest BCUT2D eigenvalue weighted by Gasteiger charge is -2.19. The van der Waals surface area contributed by atoms with E-state index in [1.165, 1.54) is 12.4 Å². The number of aromatic nitrogens is 2. The molecule has 1 heterocycles. The van der Waals surface area contributed by atoms with Crippen molar-refractivity contribution in [2.45, 2.75) is 32.8 Å². The van der Waals surface area contributed by atoms with Crippen LogP contribution in [0.15, 0.2) is 12.4 Å². The summed E-state index contributed by atoms with van der Waals surface area (Å²) in [4.78, 5) is 30.7. The molecular weight excluding hydrogens is 248 g/mol. The normalized spacial score (nSPS) is 10.9. The summed E-state index contributed by atoms with van der Waals surface area (Å²) in [5, 5.41) is 2.38. The van der Waals surface area contributed by atoms with E-state index in [-0.39, 0.29) is 24.7 Å². The molecule has 1 amide bonds. The Morgan fingerprint density at radius 2 is 1.89 bits per heavy atom. The minimum absolute atomic E-state index is 0.0820. The first-order valence-electron chi connectivity index (χ1n) is 5.87. The quantitative estimate of drug-likeness (QED) is 0.796. The van der Waals surface area contributed by atoms with Gasteiger partial charge in [-0.25, -0.2) is 14.8 Å². The smallest absolute Gasteiger partial charge is 0.414 e. The Hall–Kier alpha value is -2.02. The van der Waals surface area contributed by atoms with Crippen molar-refractivity contribution in [1.82, 2.24) is 9.97 Å². The van der Waals surface area contributed by atoms with Crippen LogP contribution in [-0.4, -0.2) is 34.0 Å². The Bertz CT molecular complexity index is 451. The van der Waals surface area contributed by atoms with E-state index in [0.29, 0.717) is 5.56 Å². The zero-order valence-electron chi connectivity index (χ0n) is 11.3. The Morgan fingerprint density at radius 1 is 1.32 bits per heavy atom. The maximum Gasteiger partial charge on any atom is 0.414 e. The predicted molar refractivity (Wildman–Crippen MR) is 69.9 cm³/mol. The van der Waals surface area contributed by atoms with Crippen molar-refractivity contribution in [3.05, 3.63) is 18.0 Å². The molecule has 0 spiro atoms. The fraction of sp³-hybridized carbons (Fsp3) is 0.500. The van der Waals surface area contributed by atoms with Gasteiger partial charge in [0.2, 0.25) is 5.95 Å². The molecule has 1 aromatic rings. The molecule has 7 heteroatoms. The van der Waals surface area contributed by atoms with Crippen molar-refractivity contribution in [2.75, 3.05) is 11.9 Å². The minimum Gasteiger partial charge on any atom is -0.444 e. The average Bonchev–Trinajstić information content (AvgIpc) is 2.27. The summed E-state index contributed by atoms with van der Waals surface area (Å²) >= 11 is 0. The van der Waals surface area contributed by atoms with Crippen LogP contribution in [0.25, 0.3) is 0 Å². The van der Waals surface area contributed by atoms with Crippen LogP contribution < -0.4 is 11.1 Å². The standard InChI is InChI=1S/C12H18N4O3/c1-12(2,3)19-11(18)16-10-14-6-8(7-15-10)9(17)4-5-13/h6-7H,4-5,13H2,1-3H3,(H,14,15,16,18). The van der Waals surface area contributed by atoms with E-state index in [9.17, 15) is 9.59 Å². The molecule has 3 N–H and O–H groups in total. The molecule has 0 bridgehead atoms. The lowest BCUT2D eigenvalue weighted by Crippen LogP contribution is -2.27. The van der Waals surface area contributed by atoms with Crippen LogP contribution in [0.5, 0.6) is 0 Å². The van der Waals surface area contributed by atoms with Crippen molar-refractivity contribution in [3.63, 3.8) is 0 Å². The Balaban J connectivity index is 2.62. The maximum absolute atomic E-state index is 11.5. The molecule has 1 rings (SSSR count). The summed E-state index contributed by atoms with van der Waals surface area (Å²) < 4.78 is 5.04. The molecule has 0 saturated heterocycles. The third-order valence-corrected chi connectivity index (χ3v) is 1.96. The summed E-state index contributed by atoms with van der Waals surface area (Å²) in [7, 11) is 0. The molecule has 0 saturated carbocycles. The molecule has 0 aliphatic heterocycles. The first kappa shape index (κ1) is 15.0. The third-order valence-electron chi connectivity index (χ3n) is 1.96. The van der Waals surface area contributed by atoms with Gasteiger partial charge in [-0.1, -0.05) is 0 Å². The first-order chi connectivity index (χ1) is 8.81. The topological polar surface area (TPSA) is 107 Å². The van der Waals surface area contributed by atoms with Gasteiger partial charge in [-0.05, 0) is 27.3 Å². The largest absolute Gasteiger partial charge is 0.444 e. The number of nitrogens with one attached hydrogen (secondary N) is 1. The van der Waals surface area contributed by atoms with Gasteiger partial charge in [-0.3, -0.25) is 10.1 Å². The summed E-state index contributed by atoms with van der Waals surface area (Å²) in [6.07, 6.45) is 2.28.